The first-order chi connectivity index (χ1) is 21.4. The van der Waals surface area contributed by atoms with Crippen LogP contribution >= 0.6 is 0 Å². The highest BCUT2D eigenvalue weighted by molar-refractivity contribution is 5.86. The second-order valence-corrected chi connectivity index (χ2v) is 11.4. The van der Waals surface area contributed by atoms with E-state index < -0.39 is 65.7 Å². The molecule has 0 radical (unpaired) electrons. The van der Waals surface area contributed by atoms with Gasteiger partial charge in [0.25, 0.3) is 0 Å². The van der Waals surface area contributed by atoms with Crippen LogP contribution in [0.2, 0.25) is 0 Å². The van der Waals surface area contributed by atoms with Crippen molar-refractivity contribution in [2.24, 2.45) is 0 Å². The molecule has 3 aliphatic rings. The zero-order valence-corrected chi connectivity index (χ0v) is 24.9. The summed E-state index contributed by atoms with van der Waals surface area (Å²) in [6, 6.07) is 10.6. The van der Waals surface area contributed by atoms with Crippen LogP contribution in [0.5, 0.6) is 11.5 Å². The number of esters is 3. The Morgan fingerprint density at radius 1 is 1.09 bits per heavy atom. The lowest BCUT2D eigenvalue weighted by molar-refractivity contribution is -0.180. The van der Waals surface area contributed by atoms with Gasteiger partial charge in [0.1, 0.15) is 5.76 Å². The molecule has 0 unspecified atom stereocenters. The van der Waals surface area contributed by atoms with Gasteiger partial charge < -0.3 is 44.7 Å². The molecule has 0 amide bonds. The molecular weight excluding hydrogens is 590 g/mol. The molecular formula is C32H35NO12. The molecule has 0 saturated heterocycles. The Kier molecular flexibility index (Phi) is 8.62. The summed E-state index contributed by atoms with van der Waals surface area (Å²) in [5.74, 6) is -4.83. The van der Waals surface area contributed by atoms with Gasteiger partial charge in [-0.05, 0) is 44.5 Å². The van der Waals surface area contributed by atoms with E-state index >= 15 is 0 Å². The lowest BCUT2D eigenvalue weighted by Gasteiger charge is -2.56. The van der Waals surface area contributed by atoms with Gasteiger partial charge >= 0.3 is 23.9 Å². The Balaban J connectivity index is 1.33. The molecule has 0 spiro atoms. The smallest absolute Gasteiger partial charge is 0.353 e. The summed E-state index contributed by atoms with van der Waals surface area (Å²) in [6.45, 7) is 3.00. The first kappa shape index (κ1) is 31.9. The van der Waals surface area contributed by atoms with Crippen molar-refractivity contribution in [2.45, 2.75) is 81.0 Å². The summed E-state index contributed by atoms with van der Waals surface area (Å²) in [5, 5.41) is 45.6. The Bertz CT molecular complexity index is 1540. The van der Waals surface area contributed by atoms with Crippen LogP contribution in [0.15, 0.2) is 54.3 Å². The minimum Gasteiger partial charge on any atom is -0.504 e. The number of benzene rings is 2. The first-order valence-electron chi connectivity index (χ1n) is 14.6. The normalized spacial score (nSPS) is 26.3. The summed E-state index contributed by atoms with van der Waals surface area (Å²) < 4.78 is 21.9. The van der Waals surface area contributed by atoms with Gasteiger partial charge in [-0.3, -0.25) is 4.79 Å². The van der Waals surface area contributed by atoms with E-state index in [1.54, 1.807) is 31.3 Å². The predicted octanol–water partition coefficient (Wildman–Crippen LogP) is 1.56. The highest BCUT2D eigenvalue weighted by atomic mass is 16.6. The van der Waals surface area contributed by atoms with Crippen molar-refractivity contribution in [1.82, 2.24) is 5.32 Å². The molecule has 0 fully saturated rings. The van der Waals surface area contributed by atoms with Crippen molar-refractivity contribution < 1.29 is 58.6 Å². The van der Waals surface area contributed by atoms with E-state index in [0.717, 1.165) is 12.5 Å². The zero-order chi connectivity index (χ0) is 32.7. The van der Waals surface area contributed by atoms with E-state index in [0.29, 0.717) is 18.4 Å². The Morgan fingerprint density at radius 3 is 2.44 bits per heavy atom. The van der Waals surface area contributed by atoms with Crippen molar-refractivity contribution in [2.75, 3.05) is 7.05 Å². The van der Waals surface area contributed by atoms with Gasteiger partial charge in [-0.25, -0.2) is 14.4 Å². The van der Waals surface area contributed by atoms with Crippen LogP contribution in [0.3, 0.4) is 0 Å². The first-order valence-corrected chi connectivity index (χ1v) is 14.6. The quantitative estimate of drug-likeness (QED) is 0.178. The van der Waals surface area contributed by atoms with Gasteiger partial charge in [-0.2, -0.15) is 0 Å². The van der Waals surface area contributed by atoms with Gasteiger partial charge in [0, 0.05) is 23.6 Å². The topological polar surface area (TPSA) is 198 Å². The van der Waals surface area contributed by atoms with Crippen LogP contribution in [0.25, 0.3) is 0 Å². The summed E-state index contributed by atoms with van der Waals surface area (Å²) in [5.41, 5.74) is -0.746. The number of aliphatic hydroxyl groups is 2. The Labute approximate surface area is 258 Å². The second-order valence-electron chi connectivity index (χ2n) is 11.4. The van der Waals surface area contributed by atoms with Gasteiger partial charge in [0.2, 0.25) is 6.10 Å². The number of aliphatic hydroxyl groups excluding tert-OH is 1. The molecule has 2 aliphatic carbocycles. The molecule has 1 aliphatic heterocycles. The monoisotopic (exact) mass is 625 g/mol. The number of carboxylic acid groups (broad SMARTS) is 1. The van der Waals surface area contributed by atoms with E-state index in [9.17, 15) is 34.5 Å². The van der Waals surface area contributed by atoms with E-state index in [1.807, 2.05) is 6.92 Å². The fourth-order valence-corrected chi connectivity index (χ4v) is 6.75. The molecule has 0 saturated carbocycles. The largest absolute Gasteiger partial charge is 0.504 e. The Hall–Kier alpha value is -4.46. The number of rotatable bonds is 11. The van der Waals surface area contributed by atoms with Crippen LogP contribution in [-0.2, 0) is 45.2 Å². The minimum atomic E-state index is -2.06. The van der Waals surface area contributed by atoms with Gasteiger partial charge in [-0.1, -0.05) is 43.3 Å². The standard InChI is InChI=1S/C32H35NO12/c1-4-31-24-18-10-11-19(34)26(24)44-27(31)21(12-13-32(31,41)22(14-18)33-3)43-23(36)15-20(35)29(39)45-25(17-8-6-5-7-9-17)30(40)42-16(2)28(37)38/h5-12,16,20,22,25,27,33-35,41H,4,13-15H2,1-3H3,(H,37,38)/t16-,20-,22+,25-,27-,31-,32+/m0/s1. The van der Waals surface area contributed by atoms with Crippen LogP contribution in [0.4, 0.5) is 0 Å². The highest BCUT2D eigenvalue weighted by Crippen LogP contribution is 2.63. The van der Waals surface area contributed by atoms with Crippen molar-refractivity contribution in [3.8, 4) is 11.5 Å². The molecule has 7 atom stereocenters. The fraction of sp³-hybridized carbons (Fsp3) is 0.438. The van der Waals surface area contributed by atoms with Crippen molar-refractivity contribution >= 4 is 23.9 Å². The molecule has 45 heavy (non-hydrogen) atoms. The van der Waals surface area contributed by atoms with Gasteiger partial charge in [-0.15, -0.1) is 0 Å². The third kappa shape index (κ3) is 5.30. The summed E-state index contributed by atoms with van der Waals surface area (Å²) in [4.78, 5) is 49.8. The van der Waals surface area contributed by atoms with Gasteiger partial charge in [0.15, 0.2) is 29.8 Å². The number of phenols is 1. The van der Waals surface area contributed by atoms with E-state index in [-0.39, 0.29) is 35.3 Å². The van der Waals surface area contributed by atoms with E-state index in [1.165, 1.54) is 24.3 Å². The molecule has 2 aromatic carbocycles. The molecule has 13 heteroatoms. The number of likely N-dealkylation sites (N-methyl/N-ethyl adjacent to an activating group) is 1. The summed E-state index contributed by atoms with van der Waals surface area (Å²) >= 11 is 0. The maximum atomic E-state index is 13.1. The maximum absolute atomic E-state index is 13.1. The number of carbonyl (C=O) groups excluding carboxylic acids is 3. The van der Waals surface area contributed by atoms with Crippen LogP contribution in [0, 0.1) is 0 Å². The third-order valence-electron chi connectivity index (χ3n) is 8.96. The highest BCUT2D eigenvalue weighted by Gasteiger charge is 2.69. The van der Waals surface area contributed by atoms with Crippen molar-refractivity contribution in [3.05, 3.63) is 71.0 Å². The summed E-state index contributed by atoms with van der Waals surface area (Å²) in [7, 11) is 1.75. The number of aliphatic carboxylic acids is 1. The van der Waals surface area contributed by atoms with Crippen molar-refractivity contribution in [1.29, 1.82) is 0 Å². The molecule has 0 aromatic heterocycles. The third-order valence-corrected chi connectivity index (χ3v) is 8.96. The number of aromatic hydroxyl groups is 1. The number of hydrogen-bond donors (Lipinski definition) is 5. The average molecular weight is 626 g/mol. The molecule has 5 rings (SSSR count). The van der Waals surface area contributed by atoms with E-state index in [2.05, 4.69) is 5.32 Å². The lowest BCUT2D eigenvalue weighted by Crippen LogP contribution is -2.70. The SMILES string of the molecule is CC[C@]12c3c4ccc(O)c3O[C@H]1C(OC(=O)C[C@H](O)C(=O)O[C@H](C(=O)O[C@@H](C)C(=O)O)c1ccccc1)=CC[C@@]2(O)[C@H](NC)C4. The summed E-state index contributed by atoms with van der Waals surface area (Å²) in [6.07, 6.45) is -4.70. The van der Waals surface area contributed by atoms with Crippen LogP contribution < -0.4 is 10.1 Å². The molecule has 5 N–H and O–H groups in total. The van der Waals surface area contributed by atoms with Crippen molar-refractivity contribution in [3.63, 3.8) is 0 Å². The molecule has 0 bridgehead atoms. The van der Waals surface area contributed by atoms with E-state index in [4.69, 9.17) is 24.1 Å². The molecule has 240 valence electrons. The van der Waals surface area contributed by atoms with Crippen LogP contribution in [0.1, 0.15) is 55.9 Å². The number of nitrogens with one attached hydrogen (secondary N) is 1. The Morgan fingerprint density at radius 2 is 1.80 bits per heavy atom. The average Bonchev–Trinajstić information content (AvgIpc) is 3.39. The fourth-order valence-electron chi connectivity index (χ4n) is 6.75. The minimum absolute atomic E-state index is 0.0544. The number of phenolic OH excluding ortho intramolecular Hbond substituents is 1. The van der Waals surface area contributed by atoms with Crippen LogP contribution in [-0.4, -0.2) is 81.3 Å². The maximum Gasteiger partial charge on any atom is 0.353 e. The zero-order valence-electron chi connectivity index (χ0n) is 24.9. The molecule has 1 heterocycles. The number of carbonyl (C=O) groups is 4. The number of hydrogen-bond acceptors (Lipinski definition) is 12. The number of ether oxygens (including phenoxy) is 4. The number of carboxylic acids is 1. The molecule has 13 nitrogen and oxygen atoms in total. The lowest BCUT2D eigenvalue weighted by atomic mass is 9.52. The second kappa shape index (κ2) is 12.1. The molecule has 2 aromatic rings. The predicted molar refractivity (Wildman–Crippen MR) is 154 cm³/mol. The van der Waals surface area contributed by atoms with Gasteiger partial charge in [0.05, 0.1) is 17.4 Å².